The molecule has 0 aromatic carbocycles. The molecule has 2 N–H and O–H groups in total. The van der Waals surface area contributed by atoms with Crippen LogP contribution in [0.2, 0.25) is 0 Å². The highest BCUT2D eigenvalue weighted by Gasteiger charge is 2.23. The van der Waals surface area contributed by atoms with Gasteiger partial charge in [0.15, 0.2) is 5.69 Å². The summed E-state index contributed by atoms with van der Waals surface area (Å²) in [4.78, 5) is 25.6. The van der Waals surface area contributed by atoms with E-state index < -0.39 is 0 Å². The van der Waals surface area contributed by atoms with Crippen LogP contribution in [0.25, 0.3) is 0 Å². The van der Waals surface area contributed by atoms with Crippen LogP contribution < -0.4 is 10.6 Å². The van der Waals surface area contributed by atoms with E-state index >= 15 is 0 Å². The highest BCUT2D eigenvalue weighted by atomic mass is 16.2. The fraction of sp³-hybridized carbons (Fsp3) is 0.571. The molecule has 1 aliphatic heterocycles. The summed E-state index contributed by atoms with van der Waals surface area (Å²) >= 11 is 0. The molecule has 1 aromatic rings. The summed E-state index contributed by atoms with van der Waals surface area (Å²) in [5.41, 5.74) is 0.265. The molecule has 114 valence electrons. The molecule has 1 saturated heterocycles. The van der Waals surface area contributed by atoms with E-state index in [4.69, 9.17) is 0 Å². The average Bonchev–Trinajstić information content (AvgIpc) is 3.01. The molecule has 0 spiro atoms. The Bertz CT molecular complexity index is 497. The van der Waals surface area contributed by atoms with Crippen LogP contribution in [0.4, 0.5) is 5.82 Å². The predicted octanol–water partition coefficient (Wildman–Crippen LogP) is 0.649. The van der Waals surface area contributed by atoms with Crippen molar-refractivity contribution in [2.24, 2.45) is 0 Å². The van der Waals surface area contributed by atoms with Crippen molar-refractivity contribution in [3.63, 3.8) is 0 Å². The van der Waals surface area contributed by atoms with E-state index in [2.05, 4.69) is 20.8 Å². The third kappa shape index (κ3) is 3.90. The minimum absolute atomic E-state index is 0.0714. The van der Waals surface area contributed by atoms with Crippen molar-refractivity contribution in [2.75, 3.05) is 25.0 Å². The molecular weight excluding hydrogens is 270 g/mol. The number of nitrogens with one attached hydrogen (secondary N) is 2. The lowest BCUT2D eigenvalue weighted by Gasteiger charge is -2.21. The molecule has 7 nitrogen and oxygen atoms in total. The number of likely N-dealkylation sites (tertiary alicyclic amines) is 1. The molecule has 1 unspecified atom stereocenters. The number of hydrogen-bond donors (Lipinski definition) is 2. The first-order valence-corrected chi connectivity index (χ1v) is 7.29. The van der Waals surface area contributed by atoms with Crippen molar-refractivity contribution in [2.45, 2.75) is 32.7 Å². The summed E-state index contributed by atoms with van der Waals surface area (Å²) in [6.07, 6.45) is 2.14. The third-order valence-corrected chi connectivity index (χ3v) is 3.39. The van der Waals surface area contributed by atoms with Crippen molar-refractivity contribution in [3.05, 3.63) is 17.8 Å². The molecule has 2 amide bonds. The summed E-state index contributed by atoms with van der Waals surface area (Å²) in [6.45, 7) is 5.84. The number of anilines is 1. The van der Waals surface area contributed by atoms with Crippen molar-refractivity contribution in [3.8, 4) is 0 Å². The van der Waals surface area contributed by atoms with Crippen molar-refractivity contribution in [1.29, 1.82) is 0 Å². The van der Waals surface area contributed by atoms with Gasteiger partial charge in [-0.05, 0) is 38.8 Å². The van der Waals surface area contributed by atoms with Crippen LogP contribution >= 0.6 is 0 Å². The fourth-order valence-corrected chi connectivity index (χ4v) is 2.28. The smallest absolute Gasteiger partial charge is 0.271 e. The van der Waals surface area contributed by atoms with E-state index in [0.717, 1.165) is 25.9 Å². The van der Waals surface area contributed by atoms with Crippen LogP contribution in [-0.2, 0) is 4.79 Å². The number of nitrogens with zero attached hydrogens (tertiary/aromatic N) is 3. The normalized spacial score (nSPS) is 15.6. The summed E-state index contributed by atoms with van der Waals surface area (Å²) in [5, 5.41) is 13.5. The van der Waals surface area contributed by atoms with Gasteiger partial charge in [-0.15, -0.1) is 10.2 Å². The minimum Gasteiger partial charge on any atom is -0.357 e. The number of hydrogen-bond acceptors (Lipinski definition) is 5. The molecule has 1 aliphatic rings. The Balaban J connectivity index is 1.93. The zero-order valence-corrected chi connectivity index (χ0v) is 12.4. The molecule has 2 rings (SSSR count). The lowest BCUT2D eigenvalue weighted by Crippen LogP contribution is -2.39. The Kier molecular flexibility index (Phi) is 5.08. The van der Waals surface area contributed by atoms with Crippen LogP contribution in [0, 0.1) is 0 Å². The number of carbonyl (C=O) groups excluding carboxylic acids is 2. The van der Waals surface area contributed by atoms with E-state index in [9.17, 15) is 9.59 Å². The number of carbonyl (C=O) groups is 2. The molecule has 2 heterocycles. The first-order valence-electron chi connectivity index (χ1n) is 7.29. The molecule has 7 heteroatoms. The second-order valence-corrected chi connectivity index (χ2v) is 5.06. The van der Waals surface area contributed by atoms with Crippen LogP contribution in [-0.4, -0.2) is 52.6 Å². The van der Waals surface area contributed by atoms with E-state index in [1.54, 1.807) is 19.1 Å². The monoisotopic (exact) mass is 291 g/mol. The van der Waals surface area contributed by atoms with Gasteiger partial charge >= 0.3 is 0 Å². The van der Waals surface area contributed by atoms with E-state index in [1.165, 1.54) is 0 Å². The Labute approximate surface area is 124 Å². The van der Waals surface area contributed by atoms with Gasteiger partial charge < -0.3 is 15.5 Å². The van der Waals surface area contributed by atoms with Crippen LogP contribution in [0.3, 0.4) is 0 Å². The molecule has 21 heavy (non-hydrogen) atoms. The largest absolute Gasteiger partial charge is 0.357 e. The second-order valence-electron chi connectivity index (χ2n) is 5.06. The van der Waals surface area contributed by atoms with Gasteiger partial charge in [-0.3, -0.25) is 9.59 Å². The SMILES string of the molecule is CCNC(=O)c1ccc(NC(C)C(=O)N2CCCC2)nn1. The maximum Gasteiger partial charge on any atom is 0.271 e. The van der Waals surface area contributed by atoms with E-state index in [-0.39, 0.29) is 23.6 Å². The van der Waals surface area contributed by atoms with Gasteiger partial charge in [0.05, 0.1) is 0 Å². The maximum atomic E-state index is 12.2. The molecule has 0 aliphatic carbocycles. The van der Waals surface area contributed by atoms with Crippen molar-refractivity contribution in [1.82, 2.24) is 20.4 Å². The molecule has 0 radical (unpaired) electrons. The molecule has 0 saturated carbocycles. The number of rotatable bonds is 5. The Hall–Kier alpha value is -2.18. The number of amides is 2. The average molecular weight is 291 g/mol. The van der Waals surface area contributed by atoms with Gasteiger partial charge in [-0.1, -0.05) is 0 Å². The van der Waals surface area contributed by atoms with Crippen LogP contribution in [0.5, 0.6) is 0 Å². The minimum atomic E-state index is -0.354. The highest BCUT2D eigenvalue weighted by molar-refractivity contribution is 5.92. The zero-order chi connectivity index (χ0) is 15.2. The summed E-state index contributed by atoms with van der Waals surface area (Å²) in [7, 11) is 0. The maximum absolute atomic E-state index is 12.2. The van der Waals surface area contributed by atoms with Crippen LogP contribution in [0.1, 0.15) is 37.2 Å². The van der Waals surface area contributed by atoms with Crippen LogP contribution in [0.15, 0.2) is 12.1 Å². The Morgan fingerprint density at radius 3 is 2.57 bits per heavy atom. The Morgan fingerprint density at radius 1 is 1.29 bits per heavy atom. The molecule has 0 bridgehead atoms. The summed E-state index contributed by atoms with van der Waals surface area (Å²) < 4.78 is 0. The fourth-order valence-electron chi connectivity index (χ4n) is 2.28. The molecule has 1 atom stereocenters. The first kappa shape index (κ1) is 15.2. The molecule has 1 fully saturated rings. The standard InChI is InChI=1S/C14H21N5O2/c1-3-15-13(20)11-6-7-12(18-17-11)16-10(2)14(21)19-8-4-5-9-19/h6-7,10H,3-5,8-9H2,1-2H3,(H,15,20)(H,16,18). The van der Waals surface area contributed by atoms with E-state index in [0.29, 0.717) is 12.4 Å². The zero-order valence-electron chi connectivity index (χ0n) is 12.4. The summed E-state index contributed by atoms with van der Waals surface area (Å²) in [6, 6.07) is 2.89. The van der Waals surface area contributed by atoms with Gasteiger partial charge in [0.25, 0.3) is 5.91 Å². The van der Waals surface area contributed by atoms with Gasteiger partial charge in [0.1, 0.15) is 11.9 Å². The van der Waals surface area contributed by atoms with E-state index in [1.807, 2.05) is 11.8 Å². The highest BCUT2D eigenvalue weighted by Crippen LogP contribution is 2.11. The Morgan fingerprint density at radius 2 is 2.00 bits per heavy atom. The van der Waals surface area contributed by atoms with Gasteiger partial charge in [-0.25, -0.2) is 0 Å². The van der Waals surface area contributed by atoms with Gasteiger partial charge in [-0.2, -0.15) is 0 Å². The lowest BCUT2D eigenvalue weighted by atomic mass is 10.3. The summed E-state index contributed by atoms with van der Waals surface area (Å²) in [5.74, 6) is 0.308. The number of aromatic nitrogens is 2. The topological polar surface area (TPSA) is 87.2 Å². The van der Waals surface area contributed by atoms with Crippen molar-refractivity contribution < 1.29 is 9.59 Å². The molecule has 1 aromatic heterocycles. The second kappa shape index (κ2) is 7.01. The molecular formula is C14H21N5O2. The lowest BCUT2D eigenvalue weighted by molar-refractivity contribution is -0.130. The first-order chi connectivity index (χ1) is 10.1. The van der Waals surface area contributed by atoms with Gasteiger partial charge in [0.2, 0.25) is 5.91 Å². The van der Waals surface area contributed by atoms with Gasteiger partial charge in [0, 0.05) is 19.6 Å². The quantitative estimate of drug-likeness (QED) is 0.831. The van der Waals surface area contributed by atoms with Crippen molar-refractivity contribution >= 4 is 17.6 Å². The predicted molar refractivity (Wildman–Crippen MR) is 78.9 cm³/mol. The third-order valence-electron chi connectivity index (χ3n) is 3.39.